The molecule has 12 nitrogen and oxygen atoms in total. The van der Waals surface area contributed by atoms with E-state index in [-0.39, 0.29) is 21.7 Å². The van der Waals surface area contributed by atoms with Crippen LogP contribution in [0.5, 0.6) is 0 Å². The highest BCUT2D eigenvalue weighted by Crippen LogP contribution is 2.61. The molecule has 0 N–H and O–H groups in total. The van der Waals surface area contributed by atoms with Crippen LogP contribution in [0.25, 0.3) is 264 Å². The van der Waals surface area contributed by atoms with Crippen LogP contribution in [0.4, 0.5) is 0 Å². The smallest absolute Gasteiger partial charge is 0.220 e. The van der Waals surface area contributed by atoms with Crippen molar-refractivity contribution < 1.29 is 0 Å². The second-order valence-electron chi connectivity index (χ2n) is 42.0. The molecule has 12 heterocycles. The first-order valence-corrected chi connectivity index (χ1v) is 49.0. The fourth-order valence-corrected chi connectivity index (χ4v) is 27.4. The van der Waals surface area contributed by atoms with E-state index < -0.39 is 0 Å². The SMILES string of the molecule is CC1(C)c2ccccc2-c2c1cc1c3c2c2cc4ccccc4cc2n3c2nc3ccccc3n12.CC1(C)c2ccccc2-c2c1cc1c3cc4ccccc4cc3n3c1c2n1c2ccccc2nc13.CC1(C)c2ccccc2-c2cc3c4c(c21)c1cc2ccccc2cc1n4c1nc2ccccc2n31.CC1(C)c2ccccc2-c2cc3c4cc5ccccc5cc4n4c3c(c21)n1c2ccccc2nc14. The Morgan fingerprint density at radius 2 is 0.464 bits per heavy atom. The fraction of sp³-hybridized carbons (Fsp3) is 0.0938. The van der Waals surface area contributed by atoms with E-state index in [1.807, 2.05) is 0 Å². The number of nitrogens with zero attached hydrogens (tertiary/aromatic N) is 12. The molecule has 0 saturated heterocycles. The molecule has 20 aromatic carbocycles. The minimum atomic E-state index is -0.103. The summed E-state index contributed by atoms with van der Waals surface area (Å²) in [5.74, 6) is 3.97. The predicted molar refractivity (Wildman–Crippen MR) is 580 cm³/mol. The molecule has 4 aliphatic rings. The predicted octanol–water partition coefficient (Wildman–Crippen LogP) is 31.8. The van der Waals surface area contributed by atoms with Crippen LogP contribution in [0.3, 0.4) is 0 Å². The third-order valence-corrected chi connectivity index (χ3v) is 33.6. The van der Waals surface area contributed by atoms with Crippen LogP contribution < -0.4 is 0 Å². The normalized spacial score (nSPS) is 14.8. The molecule has 0 saturated carbocycles. The van der Waals surface area contributed by atoms with Crippen molar-refractivity contribution in [1.82, 2.24) is 55.1 Å². The molecule has 0 amide bonds. The molecular weight excluding hydrogens is 1710 g/mol. The lowest BCUT2D eigenvalue weighted by atomic mass is 9.80. The zero-order valence-electron chi connectivity index (χ0n) is 78.0. The molecule has 12 heteroatoms. The Morgan fingerprint density at radius 1 is 0.171 bits per heavy atom. The van der Waals surface area contributed by atoms with Gasteiger partial charge in [-0.15, -0.1) is 0 Å². The highest BCUT2D eigenvalue weighted by atomic mass is 15.2. The Morgan fingerprint density at radius 3 is 0.921 bits per heavy atom. The second kappa shape index (κ2) is 25.6. The highest BCUT2D eigenvalue weighted by Gasteiger charge is 2.45. The number of hydrogen-bond donors (Lipinski definition) is 0. The number of fused-ring (bicyclic) bond motifs is 52. The van der Waals surface area contributed by atoms with Gasteiger partial charge in [0.05, 0.1) is 110 Å². The van der Waals surface area contributed by atoms with Gasteiger partial charge in [-0.1, -0.05) is 298 Å². The zero-order valence-corrected chi connectivity index (χ0v) is 78.0. The topological polar surface area (TPSA) is 86.8 Å². The van der Waals surface area contributed by atoms with E-state index in [0.29, 0.717) is 0 Å². The van der Waals surface area contributed by atoms with E-state index in [1.165, 1.54) is 247 Å². The lowest BCUT2D eigenvalue weighted by Gasteiger charge is -2.22. The number of aromatic nitrogens is 12. The van der Waals surface area contributed by atoms with Crippen molar-refractivity contribution in [3.8, 4) is 44.5 Å². The maximum absolute atomic E-state index is 5.18. The van der Waals surface area contributed by atoms with Crippen molar-refractivity contribution in [2.75, 3.05) is 0 Å². The van der Waals surface area contributed by atoms with Gasteiger partial charge in [-0.05, 0) is 248 Å². The van der Waals surface area contributed by atoms with Crippen molar-refractivity contribution >= 4 is 220 Å². The Labute approximate surface area is 799 Å². The van der Waals surface area contributed by atoms with E-state index in [1.54, 1.807) is 0 Å². The van der Waals surface area contributed by atoms with Crippen molar-refractivity contribution in [1.29, 1.82) is 0 Å². The first-order chi connectivity index (χ1) is 68.5. The fourth-order valence-electron chi connectivity index (χ4n) is 27.4. The summed E-state index contributed by atoms with van der Waals surface area (Å²) >= 11 is 0. The maximum atomic E-state index is 5.18. The van der Waals surface area contributed by atoms with Gasteiger partial charge in [0.1, 0.15) is 0 Å². The lowest BCUT2D eigenvalue weighted by Crippen LogP contribution is -2.16. The summed E-state index contributed by atoms with van der Waals surface area (Å²) in [6, 6.07) is 133. The monoisotopic (exact) mass is 1790 g/mol. The second-order valence-corrected chi connectivity index (χ2v) is 42.0. The van der Waals surface area contributed by atoms with Gasteiger partial charge in [-0.25, -0.2) is 19.9 Å². The summed E-state index contributed by atoms with van der Waals surface area (Å²) in [6.07, 6.45) is 0. The molecule has 656 valence electrons. The Kier molecular flexibility index (Phi) is 13.9. The summed E-state index contributed by atoms with van der Waals surface area (Å²) in [5, 5.41) is 20.7. The minimum Gasteiger partial charge on any atom is -0.277 e. The molecule has 32 aromatic rings. The van der Waals surface area contributed by atoms with Gasteiger partial charge in [-0.2, -0.15) is 0 Å². The van der Waals surface area contributed by atoms with Crippen LogP contribution in [0.1, 0.15) is 99.9 Å². The van der Waals surface area contributed by atoms with Gasteiger partial charge in [-0.3, -0.25) is 35.2 Å². The van der Waals surface area contributed by atoms with Gasteiger partial charge in [0.25, 0.3) is 0 Å². The van der Waals surface area contributed by atoms with Crippen molar-refractivity contribution in [2.45, 2.75) is 77.0 Å². The third kappa shape index (κ3) is 9.12. The van der Waals surface area contributed by atoms with Gasteiger partial charge in [0, 0.05) is 70.3 Å². The summed E-state index contributed by atoms with van der Waals surface area (Å²) in [5.41, 5.74) is 45.7. The van der Waals surface area contributed by atoms with Crippen LogP contribution in [-0.2, 0) is 21.7 Å². The van der Waals surface area contributed by atoms with Crippen molar-refractivity contribution in [3.63, 3.8) is 0 Å². The number of imidazole rings is 8. The Bertz CT molecular complexity index is 11300. The van der Waals surface area contributed by atoms with E-state index in [2.05, 4.69) is 455 Å². The van der Waals surface area contributed by atoms with Crippen molar-refractivity contribution in [3.05, 3.63) is 408 Å². The molecule has 0 atom stereocenters. The van der Waals surface area contributed by atoms with Crippen LogP contribution >= 0.6 is 0 Å². The van der Waals surface area contributed by atoms with Crippen molar-refractivity contribution in [2.24, 2.45) is 0 Å². The highest BCUT2D eigenvalue weighted by molar-refractivity contribution is 6.28. The van der Waals surface area contributed by atoms with Gasteiger partial charge < -0.3 is 0 Å². The summed E-state index contributed by atoms with van der Waals surface area (Å²) in [6.45, 7) is 19.0. The van der Waals surface area contributed by atoms with Crippen LogP contribution in [0.2, 0.25) is 0 Å². The van der Waals surface area contributed by atoms with E-state index >= 15 is 0 Å². The Hall–Kier alpha value is -17.5. The molecule has 36 rings (SSSR count). The standard InChI is InChI=1S/4C32H21N3/c1-32(2)23-12-6-5-11-20(23)21-17-27-30-28(29(21)32)22-15-18-9-3-4-10-19(18)16-26(22)35(30)31-33-24-13-7-8-14-25(24)34(27)31;1-32(2)23-12-6-5-11-20(23)28-24(32)17-22-21-15-18-9-3-4-10-19(18)16-27(21)35-29(22)30(28)34-26-14-8-7-13-25(26)33-31(34)35;1-32(2)24-12-6-5-11-20(24)22-17-23-21-15-18-9-3-4-10-19(18)16-27(21)35-29(23)30(28(22)32)34-26-14-8-7-13-25(26)33-31(34)35;1-32(2)22-12-6-5-11-20(22)28-23(32)17-27-30-29(28)21-15-18-9-3-4-10-19(18)16-26(21)35(30)31-33-24-13-7-8-14-25(24)34(27)31/h4*3-17H,1-2H3. The molecule has 12 aromatic heterocycles. The first kappa shape index (κ1) is 75.8. The molecule has 4 aliphatic carbocycles. The largest absolute Gasteiger partial charge is 0.277 e. The third-order valence-electron chi connectivity index (χ3n) is 33.6. The molecule has 0 aliphatic heterocycles. The number of para-hydroxylation sites is 8. The molecule has 0 fully saturated rings. The quantitative estimate of drug-likeness (QED) is 0.151. The zero-order chi connectivity index (χ0) is 92.2. The molecular formula is C128H84N12. The summed E-state index contributed by atoms with van der Waals surface area (Å²) in [4.78, 5) is 20.7. The molecule has 0 radical (unpaired) electrons. The summed E-state index contributed by atoms with van der Waals surface area (Å²) in [7, 11) is 0. The van der Waals surface area contributed by atoms with Crippen LogP contribution in [-0.4, -0.2) is 55.1 Å². The average Bonchev–Trinajstić information content (AvgIpc) is 1.52. The van der Waals surface area contributed by atoms with Gasteiger partial charge in [0.2, 0.25) is 23.1 Å². The van der Waals surface area contributed by atoms with Crippen LogP contribution in [0.15, 0.2) is 364 Å². The first-order valence-electron chi connectivity index (χ1n) is 49.0. The number of hydrogen-bond acceptors (Lipinski definition) is 4. The molecule has 0 bridgehead atoms. The minimum absolute atomic E-state index is 0.0684. The molecule has 0 spiro atoms. The maximum Gasteiger partial charge on any atom is 0.220 e. The number of benzene rings is 20. The molecule has 0 unspecified atom stereocenters. The van der Waals surface area contributed by atoms with E-state index in [9.17, 15) is 0 Å². The lowest BCUT2D eigenvalue weighted by molar-refractivity contribution is 0.661. The van der Waals surface area contributed by atoms with Gasteiger partial charge in [0.15, 0.2) is 0 Å². The summed E-state index contributed by atoms with van der Waals surface area (Å²) < 4.78 is 19.2. The van der Waals surface area contributed by atoms with E-state index in [0.717, 1.165) is 61.7 Å². The van der Waals surface area contributed by atoms with E-state index in [4.69, 9.17) is 19.9 Å². The molecule has 140 heavy (non-hydrogen) atoms. The van der Waals surface area contributed by atoms with Crippen LogP contribution in [0, 0.1) is 0 Å². The number of rotatable bonds is 0. The Balaban J connectivity index is 0.0000000829. The average molecular weight is 1790 g/mol. The van der Waals surface area contributed by atoms with Gasteiger partial charge >= 0.3 is 0 Å².